The summed E-state index contributed by atoms with van der Waals surface area (Å²) in [5.41, 5.74) is 1.59. The summed E-state index contributed by atoms with van der Waals surface area (Å²) in [6.45, 7) is 5.27. The lowest BCUT2D eigenvalue weighted by Gasteiger charge is -2.10. The molecule has 2 rings (SSSR count). The van der Waals surface area contributed by atoms with Crippen LogP contribution in [0.5, 0.6) is 0 Å². The minimum Gasteiger partial charge on any atom is -0.352 e. The average molecular weight is 354 g/mol. The third-order valence-electron chi connectivity index (χ3n) is 4.16. The highest BCUT2D eigenvalue weighted by atomic mass is 35.5. The maximum Gasteiger partial charge on any atom is 0.251 e. The van der Waals surface area contributed by atoms with Crippen LogP contribution in [0.2, 0.25) is 0 Å². The monoisotopic (exact) mass is 353 g/mol. The minimum atomic E-state index is -0.0613. The van der Waals surface area contributed by atoms with Gasteiger partial charge in [-0.1, -0.05) is 19.1 Å². The van der Waals surface area contributed by atoms with E-state index in [1.165, 1.54) is 6.42 Å². The van der Waals surface area contributed by atoms with Crippen LogP contribution in [0.15, 0.2) is 24.3 Å². The number of carbonyl (C=O) groups is 2. The van der Waals surface area contributed by atoms with Crippen molar-refractivity contribution in [2.24, 2.45) is 5.92 Å². The van der Waals surface area contributed by atoms with Gasteiger partial charge in [-0.2, -0.15) is 0 Å². The maximum atomic E-state index is 11.9. The largest absolute Gasteiger partial charge is 0.352 e. The summed E-state index contributed by atoms with van der Waals surface area (Å²) in [6.07, 6.45) is 3.60. The normalized spacial score (nSPS) is 16.3. The van der Waals surface area contributed by atoms with Gasteiger partial charge in [-0.25, -0.2) is 0 Å². The third-order valence-corrected chi connectivity index (χ3v) is 4.16. The fraction of sp³-hybridized carbons (Fsp3) is 0.556. The Bertz CT molecular complexity index is 531. The summed E-state index contributed by atoms with van der Waals surface area (Å²) in [7, 11) is 0. The lowest BCUT2D eigenvalue weighted by atomic mass is 10.0. The SMILES string of the molecule is CCCNC(=O)c1cccc(CNC(=O)CCC2CCNC2)c1.Cl. The molecule has 0 radical (unpaired) electrons. The van der Waals surface area contributed by atoms with Crippen molar-refractivity contribution in [3.63, 3.8) is 0 Å². The van der Waals surface area contributed by atoms with Gasteiger partial charge in [0.2, 0.25) is 5.91 Å². The molecular formula is C18H28ClN3O2. The summed E-state index contributed by atoms with van der Waals surface area (Å²) in [5.74, 6) is 0.651. The number of nitrogens with one attached hydrogen (secondary N) is 3. The highest BCUT2D eigenvalue weighted by Crippen LogP contribution is 2.14. The number of amides is 2. The quantitative estimate of drug-likeness (QED) is 0.671. The molecule has 1 heterocycles. The molecule has 2 amide bonds. The molecule has 0 spiro atoms. The van der Waals surface area contributed by atoms with E-state index in [0.29, 0.717) is 31.0 Å². The summed E-state index contributed by atoms with van der Waals surface area (Å²) in [6, 6.07) is 7.42. The van der Waals surface area contributed by atoms with Crippen molar-refractivity contribution >= 4 is 24.2 Å². The lowest BCUT2D eigenvalue weighted by molar-refractivity contribution is -0.121. The summed E-state index contributed by atoms with van der Waals surface area (Å²) < 4.78 is 0. The Morgan fingerprint density at radius 3 is 2.83 bits per heavy atom. The van der Waals surface area contributed by atoms with Crippen LogP contribution in [0, 0.1) is 5.92 Å². The van der Waals surface area contributed by atoms with Gasteiger partial charge in [-0.15, -0.1) is 12.4 Å². The van der Waals surface area contributed by atoms with E-state index in [0.717, 1.165) is 31.5 Å². The average Bonchev–Trinajstić information content (AvgIpc) is 3.09. The van der Waals surface area contributed by atoms with Gasteiger partial charge in [0.15, 0.2) is 0 Å². The van der Waals surface area contributed by atoms with E-state index >= 15 is 0 Å². The zero-order chi connectivity index (χ0) is 16.5. The summed E-state index contributed by atoms with van der Waals surface area (Å²) in [4.78, 5) is 23.9. The molecule has 0 saturated carbocycles. The van der Waals surface area contributed by atoms with Gasteiger partial charge in [0.1, 0.15) is 0 Å². The van der Waals surface area contributed by atoms with Gasteiger partial charge in [-0.05, 0) is 56.0 Å². The molecule has 1 fully saturated rings. The Hall–Kier alpha value is -1.59. The molecule has 1 saturated heterocycles. The van der Waals surface area contributed by atoms with Crippen molar-refractivity contribution in [1.29, 1.82) is 0 Å². The van der Waals surface area contributed by atoms with Gasteiger partial charge in [0, 0.05) is 25.1 Å². The van der Waals surface area contributed by atoms with Crippen LogP contribution in [0.4, 0.5) is 0 Å². The van der Waals surface area contributed by atoms with E-state index in [-0.39, 0.29) is 24.2 Å². The van der Waals surface area contributed by atoms with E-state index in [2.05, 4.69) is 16.0 Å². The first-order chi connectivity index (χ1) is 11.2. The van der Waals surface area contributed by atoms with Crippen molar-refractivity contribution in [2.75, 3.05) is 19.6 Å². The molecular weight excluding hydrogens is 326 g/mol. The molecule has 0 bridgehead atoms. The minimum absolute atomic E-state index is 0. The van der Waals surface area contributed by atoms with Gasteiger partial charge < -0.3 is 16.0 Å². The zero-order valence-electron chi connectivity index (χ0n) is 14.3. The second kappa shape index (κ2) is 11.0. The molecule has 0 aliphatic carbocycles. The molecule has 1 aliphatic rings. The Morgan fingerprint density at radius 1 is 1.29 bits per heavy atom. The first-order valence-electron chi connectivity index (χ1n) is 8.53. The van der Waals surface area contributed by atoms with E-state index in [9.17, 15) is 9.59 Å². The second-order valence-corrected chi connectivity index (χ2v) is 6.13. The Balaban J connectivity index is 0.00000288. The number of rotatable bonds is 8. The number of carbonyl (C=O) groups excluding carboxylic acids is 2. The fourth-order valence-corrected chi connectivity index (χ4v) is 2.75. The smallest absolute Gasteiger partial charge is 0.251 e. The van der Waals surface area contributed by atoms with Crippen LogP contribution in [-0.2, 0) is 11.3 Å². The van der Waals surface area contributed by atoms with E-state index in [1.807, 2.05) is 25.1 Å². The number of hydrogen-bond donors (Lipinski definition) is 3. The van der Waals surface area contributed by atoms with Crippen LogP contribution in [0.25, 0.3) is 0 Å². The molecule has 1 aliphatic heterocycles. The molecule has 1 aromatic carbocycles. The van der Waals surface area contributed by atoms with Crippen molar-refractivity contribution in [3.8, 4) is 0 Å². The van der Waals surface area contributed by atoms with Crippen molar-refractivity contribution in [2.45, 2.75) is 39.2 Å². The molecule has 1 unspecified atom stereocenters. The van der Waals surface area contributed by atoms with Crippen molar-refractivity contribution in [1.82, 2.24) is 16.0 Å². The molecule has 24 heavy (non-hydrogen) atoms. The van der Waals surface area contributed by atoms with Crippen LogP contribution < -0.4 is 16.0 Å². The second-order valence-electron chi connectivity index (χ2n) is 6.13. The highest BCUT2D eigenvalue weighted by molar-refractivity contribution is 5.94. The molecule has 0 aromatic heterocycles. The number of halogens is 1. The first kappa shape index (κ1) is 20.5. The van der Waals surface area contributed by atoms with Gasteiger partial charge in [0.25, 0.3) is 5.91 Å². The first-order valence-corrected chi connectivity index (χ1v) is 8.53. The summed E-state index contributed by atoms with van der Waals surface area (Å²) in [5, 5.41) is 9.12. The Labute approximate surface area is 150 Å². The predicted molar refractivity (Wildman–Crippen MR) is 98.4 cm³/mol. The molecule has 3 N–H and O–H groups in total. The van der Waals surface area contributed by atoms with Gasteiger partial charge >= 0.3 is 0 Å². The fourth-order valence-electron chi connectivity index (χ4n) is 2.75. The third kappa shape index (κ3) is 6.89. The Kier molecular flexibility index (Phi) is 9.42. The number of hydrogen-bond acceptors (Lipinski definition) is 3. The standard InChI is InChI=1S/C18H27N3O2.ClH/c1-2-9-20-18(23)16-5-3-4-15(11-16)13-21-17(22)7-6-14-8-10-19-12-14;/h3-5,11,14,19H,2,6-10,12-13H2,1H3,(H,20,23)(H,21,22);1H. The van der Waals surface area contributed by atoms with Crippen molar-refractivity contribution in [3.05, 3.63) is 35.4 Å². The van der Waals surface area contributed by atoms with E-state index < -0.39 is 0 Å². The van der Waals surface area contributed by atoms with E-state index in [1.54, 1.807) is 6.07 Å². The van der Waals surface area contributed by atoms with Crippen LogP contribution >= 0.6 is 12.4 Å². The van der Waals surface area contributed by atoms with E-state index in [4.69, 9.17) is 0 Å². The summed E-state index contributed by atoms with van der Waals surface area (Å²) >= 11 is 0. The molecule has 134 valence electrons. The highest BCUT2D eigenvalue weighted by Gasteiger charge is 2.15. The van der Waals surface area contributed by atoms with Crippen molar-refractivity contribution < 1.29 is 9.59 Å². The van der Waals surface area contributed by atoms with Crippen LogP contribution in [-0.4, -0.2) is 31.4 Å². The lowest BCUT2D eigenvalue weighted by Crippen LogP contribution is -2.25. The van der Waals surface area contributed by atoms with Crippen LogP contribution in [0.3, 0.4) is 0 Å². The molecule has 5 nitrogen and oxygen atoms in total. The van der Waals surface area contributed by atoms with Gasteiger partial charge in [-0.3, -0.25) is 9.59 Å². The predicted octanol–water partition coefficient (Wildman–Crippen LogP) is 2.25. The Morgan fingerprint density at radius 2 is 2.12 bits per heavy atom. The maximum absolute atomic E-state index is 11.9. The molecule has 1 atom stereocenters. The molecule has 1 aromatic rings. The van der Waals surface area contributed by atoms with Gasteiger partial charge in [0.05, 0.1) is 0 Å². The topological polar surface area (TPSA) is 70.2 Å². The molecule has 6 heteroatoms. The zero-order valence-corrected chi connectivity index (χ0v) is 15.1. The van der Waals surface area contributed by atoms with Crippen LogP contribution in [0.1, 0.15) is 48.5 Å². The number of benzene rings is 1.